The molecule has 0 spiro atoms. The average molecular weight is 542 g/mol. The molecule has 0 radical (unpaired) electrons. The van der Waals surface area contributed by atoms with Crippen molar-refractivity contribution < 1.29 is 22.4 Å². The minimum Gasteiger partial charge on any atom is -0.406 e. The topological polar surface area (TPSA) is 94.1 Å². The molecular formula is C27H30F3N7O2. The minimum atomic E-state index is -4.75. The van der Waals surface area contributed by atoms with E-state index >= 15 is 0 Å². The lowest BCUT2D eigenvalue weighted by Crippen LogP contribution is -2.43. The Labute approximate surface area is 224 Å². The van der Waals surface area contributed by atoms with Crippen LogP contribution >= 0.6 is 0 Å². The van der Waals surface area contributed by atoms with Crippen LogP contribution in [-0.2, 0) is 6.54 Å². The maximum atomic E-state index is 12.4. The fourth-order valence-corrected chi connectivity index (χ4v) is 4.75. The molecule has 0 saturated carbocycles. The van der Waals surface area contributed by atoms with Gasteiger partial charge in [0.2, 0.25) is 5.82 Å². The number of aryl methyl sites for hydroxylation is 1. The van der Waals surface area contributed by atoms with E-state index in [1.54, 1.807) is 0 Å². The molecule has 4 aromatic rings. The quantitative estimate of drug-likeness (QED) is 0.295. The standard InChI is InChI=1S/C27H30F3N7O2/c1-3-36-13-5-4-6-21(36)16-32-24-12-7-19(15-31-24)17-37-18(2)14-23(34-37)26-33-25(35-39-26)20-8-10-22(11-9-20)38-27(28,29)30/h7-12,14-15,21H,3-6,13,16-17H2,1-2H3,(H,31,32). The van der Waals surface area contributed by atoms with Crippen LogP contribution in [0.2, 0.25) is 0 Å². The van der Waals surface area contributed by atoms with Gasteiger partial charge in [0.05, 0.1) is 6.54 Å². The Kier molecular flexibility index (Phi) is 7.82. The predicted molar refractivity (Wildman–Crippen MR) is 139 cm³/mol. The van der Waals surface area contributed by atoms with Gasteiger partial charge in [0.15, 0.2) is 5.69 Å². The zero-order valence-electron chi connectivity index (χ0n) is 21.8. The number of nitrogens with one attached hydrogen (secondary N) is 1. The van der Waals surface area contributed by atoms with E-state index < -0.39 is 6.36 Å². The van der Waals surface area contributed by atoms with E-state index in [0.29, 0.717) is 23.8 Å². The number of anilines is 1. The second kappa shape index (κ2) is 11.4. The van der Waals surface area contributed by atoms with Crippen LogP contribution in [-0.4, -0.2) is 61.8 Å². The van der Waals surface area contributed by atoms with Gasteiger partial charge in [-0.1, -0.05) is 24.6 Å². The summed E-state index contributed by atoms with van der Waals surface area (Å²) in [6, 6.07) is 11.7. The van der Waals surface area contributed by atoms with Crippen molar-refractivity contribution in [3.63, 3.8) is 0 Å². The Bertz CT molecular complexity index is 1370. The number of hydrogen-bond acceptors (Lipinski definition) is 8. The van der Waals surface area contributed by atoms with E-state index in [1.165, 1.54) is 50.1 Å². The third kappa shape index (κ3) is 6.75. The highest BCUT2D eigenvalue weighted by molar-refractivity contribution is 5.59. The van der Waals surface area contributed by atoms with E-state index in [2.05, 4.69) is 42.1 Å². The van der Waals surface area contributed by atoms with Crippen molar-refractivity contribution in [2.45, 2.75) is 52.1 Å². The number of nitrogens with zero attached hydrogens (tertiary/aromatic N) is 6. The first-order valence-corrected chi connectivity index (χ1v) is 12.9. The number of likely N-dealkylation sites (tertiary alicyclic amines) is 1. The van der Waals surface area contributed by atoms with Crippen molar-refractivity contribution in [2.24, 2.45) is 0 Å². The number of halogens is 3. The highest BCUT2D eigenvalue weighted by Crippen LogP contribution is 2.27. The fourth-order valence-electron chi connectivity index (χ4n) is 4.75. The van der Waals surface area contributed by atoms with Gasteiger partial charge in [0.1, 0.15) is 11.6 Å². The lowest BCUT2D eigenvalue weighted by atomic mass is 10.0. The molecule has 3 aromatic heterocycles. The van der Waals surface area contributed by atoms with Crippen LogP contribution < -0.4 is 10.1 Å². The van der Waals surface area contributed by atoms with E-state index in [9.17, 15) is 13.2 Å². The molecule has 1 unspecified atom stereocenters. The SMILES string of the molecule is CCN1CCCCC1CNc1ccc(Cn2nc(-c3nc(-c4ccc(OC(F)(F)F)cc4)no3)cc2C)cn1. The van der Waals surface area contributed by atoms with Gasteiger partial charge in [0, 0.05) is 30.0 Å². The molecule has 1 aliphatic rings. The smallest absolute Gasteiger partial charge is 0.406 e. The molecule has 1 saturated heterocycles. The van der Waals surface area contributed by atoms with E-state index in [4.69, 9.17) is 4.52 Å². The first-order chi connectivity index (χ1) is 18.8. The molecule has 12 heteroatoms. The molecule has 39 heavy (non-hydrogen) atoms. The first kappa shape index (κ1) is 26.7. The summed E-state index contributed by atoms with van der Waals surface area (Å²) in [6.07, 6.45) is 0.859. The maximum Gasteiger partial charge on any atom is 0.573 e. The number of rotatable bonds is 9. The number of alkyl halides is 3. The first-order valence-electron chi connectivity index (χ1n) is 12.9. The van der Waals surface area contributed by atoms with Gasteiger partial charge in [-0.3, -0.25) is 9.58 Å². The molecule has 1 N–H and O–H groups in total. The van der Waals surface area contributed by atoms with Gasteiger partial charge in [-0.05, 0) is 74.8 Å². The van der Waals surface area contributed by atoms with Crippen molar-refractivity contribution in [2.75, 3.05) is 25.0 Å². The number of benzene rings is 1. The Morgan fingerprint density at radius 2 is 1.95 bits per heavy atom. The van der Waals surface area contributed by atoms with Crippen molar-refractivity contribution in [3.05, 3.63) is 59.9 Å². The molecule has 5 rings (SSSR count). The molecule has 1 aliphatic heterocycles. The van der Waals surface area contributed by atoms with Crippen LogP contribution in [0.1, 0.15) is 37.4 Å². The second-order valence-corrected chi connectivity index (χ2v) is 9.53. The molecule has 0 amide bonds. The van der Waals surface area contributed by atoms with Crippen LogP contribution in [0.15, 0.2) is 53.2 Å². The Morgan fingerprint density at radius 3 is 2.67 bits per heavy atom. The summed E-state index contributed by atoms with van der Waals surface area (Å²) in [4.78, 5) is 11.5. The molecule has 1 atom stereocenters. The lowest BCUT2D eigenvalue weighted by Gasteiger charge is -2.35. The molecule has 0 bridgehead atoms. The van der Waals surface area contributed by atoms with Crippen molar-refractivity contribution in [3.8, 4) is 28.7 Å². The van der Waals surface area contributed by atoms with E-state index in [1.807, 2.05) is 36.0 Å². The Morgan fingerprint density at radius 1 is 1.13 bits per heavy atom. The number of aromatic nitrogens is 5. The summed E-state index contributed by atoms with van der Waals surface area (Å²) in [5.41, 5.74) is 2.89. The number of ether oxygens (including phenoxy) is 1. The van der Waals surface area contributed by atoms with Gasteiger partial charge in [-0.15, -0.1) is 13.2 Å². The van der Waals surface area contributed by atoms with E-state index in [0.717, 1.165) is 30.2 Å². The molecular weight excluding hydrogens is 511 g/mol. The maximum absolute atomic E-state index is 12.4. The number of piperidine rings is 1. The van der Waals surface area contributed by atoms with Crippen LogP contribution in [0.4, 0.5) is 19.0 Å². The van der Waals surface area contributed by atoms with Gasteiger partial charge < -0.3 is 14.6 Å². The van der Waals surface area contributed by atoms with Crippen molar-refractivity contribution in [1.82, 2.24) is 29.8 Å². The summed E-state index contributed by atoms with van der Waals surface area (Å²) in [6.45, 7) is 7.79. The molecule has 0 aliphatic carbocycles. The highest BCUT2D eigenvalue weighted by Gasteiger charge is 2.31. The largest absolute Gasteiger partial charge is 0.573 e. The third-order valence-electron chi connectivity index (χ3n) is 6.80. The van der Waals surface area contributed by atoms with Crippen LogP contribution in [0.25, 0.3) is 23.0 Å². The zero-order chi connectivity index (χ0) is 27.4. The highest BCUT2D eigenvalue weighted by atomic mass is 19.4. The van der Waals surface area contributed by atoms with Gasteiger partial charge in [-0.2, -0.15) is 10.1 Å². The van der Waals surface area contributed by atoms with Crippen molar-refractivity contribution in [1.29, 1.82) is 0 Å². The van der Waals surface area contributed by atoms with Crippen LogP contribution in [0, 0.1) is 6.92 Å². The molecule has 9 nitrogen and oxygen atoms in total. The normalized spacial score (nSPS) is 16.4. The Hall–Kier alpha value is -3.93. The Balaban J connectivity index is 1.20. The summed E-state index contributed by atoms with van der Waals surface area (Å²) in [5.74, 6) is 0.979. The summed E-state index contributed by atoms with van der Waals surface area (Å²) in [7, 11) is 0. The van der Waals surface area contributed by atoms with Gasteiger partial charge in [-0.25, -0.2) is 4.98 Å². The third-order valence-corrected chi connectivity index (χ3v) is 6.80. The molecule has 1 aromatic carbocycles. The summed E-state index contributed by atoms with van der Waals surface area (Å²) in [5, 5.41) is 12.0. The average Bonchev–Trinajstić information content (AvgIpc) is 3.55. The van der Waals surface area contributed by atoms with Gasteiger partial charge >= 0.3 is 6.36 Å². The monoisotopic (exact) mass is 541 g/mol. The number of hydrogen-bond donors (Lipinski definition) is 1. The molecule has 206 valence electrons. The van der Waals surface area contributed by atoms with E-state index in [-0.39, 0.29) is 17.5 Å². The van der Waals surface area contributed by atoms with Crippen LogP contribution in [0.5, 0.6) is 5.75 Å². The molecule has 4 heterocycles. The lowest BCUT2D eigenvalue weighted by molar-refractivity contribution is -0.274. The van der Waals surface area contributed by atoms with Crippen LogP contribution in [0.3, 0.4) is 0 Å². The van der Waals surface area contributed by atoms with Gasteiger partial charge in [0.25, 0.3) is 5.89 Å². The predicted octanol–water partition coefficient (Wildman–Crippen LogP) is 5.54. The summed E-state index contributed by atoms with van der Waals surface area (Å²) >= 11 is 0. The number of pyridine rings is 1. The summed E-state index contributed by atoms with van der Waals surface area (Å²) < 4.78 is 48.3. The van der Waals surface area contributed by atoms with Crippen molar-refractivity contribution >= 4 is 5.82 Å². The second-order valence-electron chi connectivity index (χ2n) is 9.53. The number of likely N-dealkylation sites (N-methyl/N-ethyl adjacent to an activating group) is 1. The fraction of sp³-hybridized carbons (Fsp3) is 0.407. The minimum absolute atomic E-state index is 0.212. The zero-order valence-corrected chi connectivity index (χ0v) is 21.8. The molecule has 1 fully saturated rings.